The molecule has 3 heteroatoms. The fraction of sp³-hybridized carbons (Fsp3) is 0.625. The lowest BCUT2D eigenvalue weighted by atomic mass is 9.86. The van der Waals surface area contributed by atoms with Gasteiger partial charge in [0.25, 0.3) is 0 Å². The molecule has 0 spiro atoms. The summed E-state index contributed by atoms with van der Waals surface area (Å²) in [7, 11) is 2.17. The standard InChI is InChI=1S/C16H25FN2/c1-12-3-7-16(8-4-12)19(2)11-13-5-6-15(17)9-14(13)10-18/h5-6,9,12,16H,3-4,7-8,10-11,18H2,1-2H3. The molecule has 0 aliphatic heterocycles. The first kappa shape index (κ1) is 14.5. The molecule has 0 amide bonds. The quantitative estimate of drug-likeness (QED) is 0.904. The molecule has 2 rings (SSSR count). The Hall–Kier alpha value is -0.930. The van der Waals surface area contributed by atoms with E-state index in [-0.39, 0.29) is 5.82 Å². The topological polar surface area (TPSA) is 29.3 Å². The largest absolute Gasteiger partial charge is 0.326 e. The third-order valence-electron chi connectivity index (χ3n) is 4.42. The van der Waals surface area contributed by atoms with Crippen LogP contribution in [0.3, 0.4) is 0 Å². The van der Waals surface area contributed by atoms with Crippen molar-refractivity contribution in [3.8, 4) is 0 Å². The third-order valence-corrected chi connectivity index (χ3v) is 4.42. The summed E-state index contributed by atoms with van der Waals surface area (Å²) in [4.78, 5) is 2.40. The van der Waals surface area contributed by atoms with Gasteiger partial charge in [0, 0.05) is 19.1 Å². The minimum atomic E-state index is -0.196. The van der Waals surface area contributed by atoms with Crippen molar-refractivity contribution in [1.82, 2.24) is 4.90 Å². The van der Waals surface area contributed by atoms with Crippen LogP contribution in [0.25, 0.3) is 0 Å². The summed E-state index contributed by atoms with van der Waals surface area (Å²) in [5.74, 6) is 0.674. The second kappa shape index (κ2) is 6.49. The van der Waals surface area contributed by atoms with Crippen LogP contribution in [0.4, 0.5) is 4.39 Å². The molecule has 106 valence electrons. The van der Waals surface area contributed by atoms with E-state index in [0.717, 1.165) is 23.6 Å². The summed E-state index contributed by atoms with van der Waals surface area (Å²) in [5, 5.41) is 0. The number of hydrogen-bond acceptors (Lipinski definition) is 2. The molecule has 0 aromatic heterocycles. The van der Waals surface area contributed by atoms with Gasteiger partial charge in [-0.15, -0.1) is 0 Å². The molecule has 0 atom stereocenters. The molecule has 1 aromatic carbocycles. The van der Waals surface area contributed by atoms with Crippen molar-refractivity contribution < 1.29 is 4.39 Å². The van der Waals surface area contributed by atoms with E-state index in [1.807, 2.05) is 6.07 Å². The molecule has 0 heterocycles. The number of nitrogens with two attached hydrogens (primary N) is 1. The highest BCUT2D eigenvalue weighted by atomic mass is 19.1. The van der Waals surface area contributed by atoms with Crippen LogP contribution in [0.15, 0.2) is 18.2 Å². The zero-order chi connectivity index (χ0) is 13.8. The SMILES string of the molecule is CC1CCC(N(C)Cc2ccc(F)cc2CN)CC1. The highest BCUT2D eigenvalue weighted by molar-refractivity contribution is 5.27. The highest BCUT2D eigenvalue weighted by Gasteiger charge is 2.22. The fourth-order valence-electron chi connectivity index (χ4n) is 3.02. The van der Waals surface area contributed by atoms with Crippen molar-refractivity contribution >= 4 is 0 Å². The Morgan fingerprint density at radius 1 is 1.21 bits per heavy atom. The Balaban J connectivity index is 2.00. The van der Waals surface area contributed by atoms with E-state index in [0.29, 0.717) is 12.6 Å². The van der Waals surface area contributed by atoms with Crippen molar-refractivity contribution in [2.45, 2.75) is 51.7 Å². The molecule has 2 N–H and O–H groups in total. The van der Waals surface area contributed by atoms with Crippen LogP contribution < -0.4 is 5.73 Å². The summed E-state index contributed by atoms with van der Waals surface area (Å²) in [6, 6.07) is 5.63. The zero-order valence-corrected chi connectivity index (χ0v) is 12.0. The molecule has 1 aliphatic rings. The average Bonchev–Trinajstić information content (AvgIpc) is 2.41. The van der Waals surface area contributed by atoms with Crippen LogP contribution in [0, 0.1) is 11.7 Å². The van der Waals surface area contributed by atoms with Crippen molar-refractivity contribution in [1.29, 1.82) is 0 Å². The van der Waals surface area contributed by atoms with Crippen LogP contribution in [0.2, 0.25) is 0 Å². The van der Waals surface area contributed by atoms with Crippen LogP contribution in [-0.4, -0.2) is 18.0 Å². The predicted octanol–water partition coefficient (Wildman–Crippen LogP) is 3.29. The second-order valence-electron chi connectivity index (χ2n) is 5.95. The maximum atomic E-state index is 13.2. The predicted molar refractivity (Wildman–Crippen MR) is 77.2 cm³/mol. The molecule has 1 fully saturated rings. The van der Waals surface area contributed by atoms with Gasteiger partial charge in [0.2, 0.25) is 0 Å². The Labute approximate surface area is 115 Å². The summed E-state index contributed by atoms with van der Waals surface area (Å²) in [6.07, 6.45) is 5.19. The van der Waals surface area contributed by atoms with Gasteiger partial charge in [0.1, 0.15) is 5.82 Å². The van der Waals surface area contributed by atoms with Crippen molar-refractivity contribution in [2.75, 3.05) is 7.05 Å². The Kier molecular flexibility index (Phi) is 4.94. The molecule has 19 heavy (non-hydrogen) atoms. The number of benzene rings is 1. The maximum Gasteiger partial charge on any atom is 0.123 e. The second-order valence-corrected chi connectivity index (χ2v) is 5.95. The third kappa shape index (κ3) is 3.77. The van der Waals surface area contributed by atoms with Gasteiger partial charge in [-0.2, -0.15) is 0 Å². The van der Waals surface area contributed by atoms with E-state index in [4.69, 9.17) is 5.73 Å². The lowest BCUT2D eigenvalue weighted by Gasteiger charge is -2.34. The first-order valence-corrected chi connectivity index (χ1v) is 7.27. The van der Waals surface area contributed by atoms with Gasteiger partial charge in [-0.3, -0.25) is 4.90 Å². The molecule has 1 saturated carbocycles. The smallest absolute Gasteiger partial charge is 0.123 e. The Bertz CT molecular complexity index is 411. The first-order valence-electron chi connectivity index (χ1n) is 7.27. The molecular weight excluding hydrogens is 239 g/mol. The molecule has 0 saturated heterocycles. The van der Waals surface area contributed by atoms with E-state index in [1.165, 1.54) is 31.7 Å². The van der Waals surface area contributed by atoms with Gasteiger partial charge in [-0.05, 0) is 61.9 Å². The van der Waals surface area contributed by atoms with Crippen LogP contribution in [0.1, 0.15) is 43.7 Å². The lowest BCUT2D eigenvalue weighted by Crippen LogP contribution is -2.34. The van der Waals surface area contributed by atoms with Gasteiger partial charge in [0.05, 0.1) is 0 Å². The number of nitrogens with zero attached hydrogens (tertiary/aromatic N) is 1. The van der Waals surface area contributed by atoms with Gasteiger partial charge in [-0.25, -0.2) is 4.39 Å². The average molecular weight is 264 g/mol. The molecule has 0 radical (unpaired) electrons. The van der Waals surface area contributed by atoms with Crippen molar-refractivity contribution in [2.24, 2.45) is 11.7 Å². The number of rotatable bonds is 4. The number of halogens is 1. The summed E-state index contributed by atoms with van der Waals surface area (Å²) in [6.45, 7) is 3.61. The highest BCUT2D eigenvalue weighted by Crippen LogP contribution is 2.27. The van der Waals surface area contributed by atoms with E-state index in [1.54, 1.807) is 6.07 Å². The molecule has 1 aliphatic carbocycles. The van der Waals surface area contributed by atoms with E-state index >= 15 is 0 Å². The van der Waals surface area contributed by atoms with E-state index in [2.05, 4.69) is 18.9 Å². The van der Waals surface area contributed by atoms with Crippen LogP contribution in [0.5, 0.6) is 0 Å². The Morgan fingerprint density at radius 3 is 2.53 bits per heavy atom. The van der Waals surface area contributed by atoms with Crippen molar-refractivity contribution in [3.63, 3.8) is 0 Å². The van der Waals surface area contributed by atoms with Crippen LogP contribution in [-0.2, 0) is 13.1 Å². The number of hydrogen-bond donors (Lipinski definition) is 1. The maximum absolute atomic E-state index is 13.2. The van der Waals surface area contributed by atoms with Gasteiger partial charge in [-0.1, -0.05) is 13.0 Å². The zero-order valence-electron chi connectivity index (χ0n) is 12.0. The first-order chi connectivity index (χ1) is 9.10. The van der Waals surface area contributed by atoms with Crippen LogP contribution >= 0.6 is 0 Å². The molecule has 0 bridgehead atoms. The molecule has 2 nitrogen and oxygen atoms in total. The summed E-state index contributed by atoms with van der Waals surface area (Å²) >= 11 is 0. The normalized spacial score (nSPS) is 23.8. The summed E-state index contributed by atoms with van der Waals surface area (Å²) < 4.78 is 13.2. The molecular formula is C16H25FN2. The van der Waals surface area contributed by atoms with E-state index in [9.17, 15) is 4.39 Å². The van der Waals surface area contributed by atoms with E-state index < -0.39 is 0 Å². The van der Waals surface area contributed by atoms with Crippen molar-refractivity contribution in [3.05, 3.63) is 35.1 Å². The minimum absolute atomic E-state index is 0.196. The minimum Gasteiger partial charge on any atom is -0.326 e. The molecule has 0 unspecified atom stereocenters. The fourth-order valence-corrected chi connectivity index (χ4v) is 3.02. The Morgan fingerprint density at radius 2 is 1.89 bits per heavy atom. The monoisotopic (exact) mass is 264 g/mol. The lowest BCUT2D eigenvalue weighted by molar-refractivity contribution is 0.163. The summed E-state index contributed by atoms with van der Waals surface area (Å²) in [5.41, 5.74) is 7.79. The van der Waals surface area contributed by atoms with Gasteiger partial charge < -0.3 is 5.73 Å². The van der Waals surface area contributed by atoms with Gasteiger partial charge >= 0.3 is 0 Å². The van der Waals surface area contributed by atoms with Gasteiger partial charge in [0.15, 0.2) is 0 Å². The molecule has 1 aromatic rings.